The molecule has 2 fully saturated rings. The molecule has 2 saturated carbocycles. The van der Waals surface area contributed by atoms with E-state index in [1.165, 1.54) is 44.9 Å². The molecule has 0 bridgehead atoms. The van der Waals surface area contributed by atoms with Crippen molar-refractivity contribution in [2.75, 3.05) is 5.32 Å². The van der Waals surface area contributed by atoms with E-state index < -0.39 is 5.60 Å². The van der Waals surface area contributed by atoms with Crippen molar-refractivity contribution in [2.45, 2.75) is 97.2 Å². The first-order valence-electron chi connectivity index (χ1n) is 11.9. The molecule has 0 unspecified atom stereocenters. The molecule has 0 amide bonds. The van der Waals surface area contributed by atoms with Crippen LogP contribution in [0.2, 0.25) is 0 Å². The average molecular weight is 425 g/mol. The van der Waals surface area contributed by atoms with Crippen molar-refractivity contribution in [2.24, 2.45) is 17.8 Å². The molecule has 2 heterocycles. The summed E-state index contributed by atoms with van der Waals surface area (Å²) in [5.41, 5.74) is 0.555. The number of hydrogen-bond donors (Lipinski definition) is 2. The molecule has 4 rings (SSSR count). The lowest BCUT2D eigenvalue weighted by Gasteiger charge is -2.32. The minimum Gasteiger partial charge on any atom is -0.390 e. The van der Waals surface area contributed by atoms with Gasteiger partial charge in [-0.05, 0) is 64.2 Å². The fraction of sp³-hybridized carbons (Fsp3) is 0.750. The van der Waals surface area contributed by atoms with E-state index in [2.05, 4.69) is 39.8 Å². The molecule has 168 valence electrons. The number of aliphatic hydroxyl groups is 1. The highest BCUT2D eigenvalue weighted by Gasteiger charge is 2.29. The Morgan fingerprint density at radius 3 is 2.45 bits per heavy atom. The lowest BCUT2D eigenvalue weighted by molar-refractivity contribution is 0.0775. The van der Waals surface area contributed by atoms with Crippen LogP contribution in [-0.4, -0.2) is 36.3 Å². The molecular formula is C24H36N6O. The maximum absolute atomic E-state index is 10.5. The van der Waals surface area contributed by atoms with Crippen molar-refractivity contribution in [1.82, 2.24) is 19.5 Å². The van der Waals surface area contributed by atoms with Crippen LogP contribution in [0.25, 0.3) is 11.2 Å². The second kappa shape index (κ2) is 8.74. The number of aromatic nitrogens is 4. The lowest BCUT2D eigenvalue weighted by atomic mass is 9.80. The number of nitrogens with one attached hydrogen (secondary N) is 1. The third-order valence-corrected chi connectivity index (χ3v) is 7.17. The fourth-order valence-electron chi connectivity index (χ4n) is 4.99. The summed E-state index contributed by atoms with van der Waals surface area (Å²) in [7, 11) is 0. The molecule has 0 saturated heterocycles. The van der Waals surface area contributed by atoms with Gasteiger partial charge >= 0.3 is 0 Å². The van der Waals surface area contributed by atoms with Gasteiger partial charge in [-0.15, -0.1) is 0 Å². The van der Waals surface area contributed by atoms with Gasteiger partial charge in [-0.2, -0.15) is 15.2 Å². The van der Waals surface area contributed by atoms with Crippen molar-refractivity contribution in [1.29, 1.82) is 5.26 Å². The Balaban J connectivity index is 1.76. The standard InChI is InChI=1S/C24H36N6O/c1-15-8-10-17(11-9-15)14-30-20(12-24(3,4)31)29-23-21(30)22(27-19(13-25)28-23)26-16(2)18-6-5-7-18/h15-18,31H,5-12,14H2,1-4H3,(H,26,27,28)/t15?,16-,17?/m1/s1. The number of nitriles is 1. The zero-order chi connectivity index (χ0) is 22.2. The third kappa shape index (κ3) is 5.01. The Labute approximate surface area is 185 Å². The molecule has 0 radical (unpaired) electrons. The first kappa shape index (κ1) is 22.0. The summed E-state index contributed by atoms with van der Waals surface area (Å²) in [6.45, 7) is 9.01. The van der Waals surface area contributed by atoms with Gasteiger partial charge in [0.25, 0.3) is 0 Å². The van der Waals surface area contributed by atoms with Crippen molar-refractivity contribution >= 4 is 17.0 Å². The number of nitrogens with zero attached hydrogens (tertiary/aromatic N) is 5. The fourth-order valence-corrected chi connectivity index (χ4v) is 4.99. The van der Waals surface area contributed by atoms with Gasteiger partial charge in [0.05, 0.1) is 5.60 Å². The van der Waals surface area contributed by atoms with E-state index in [4.69, 9.17) is 4.98 Å². The smallest absolute Gasteiger partial charge is 0.236 e. The van der Waals surface area contributed by atoms with Crippen molar-refractivity contribution in [3.8, 4) is 6.07 Å². The summed E-state index contributed by atoms with van der Waals surface area (Å²) in [5.74, 6) is 3.70. The SMILES string of the molecule is CC1CCC(Cn2c(CC(C)(C)O)nc3nc(C#N)nc(N[C@H](C)C4CCC4)c32)CC1. The van der Waals surface area contributed by atoms with E-state index in [1.807, 2.05) is 13.8 Å². The van der Waals surface area contributed by atoms with Gasteiger partial charge in [-0.1, -0.05) is 26.2 Å². The summed E-state index contributed by atoms with van der Waals surface area (Å²) >= 11 is 0. The number of fused-ring (bicyclic) bond motifs is 1. The number of imidazole rings is 1. The van der Waals surface area contributed by atoms with Crippen LogP contribution < -0.4 is 5.32 Å². The molecule has 2 aromatic heterocycles. The zero-order valence-electron chi connectivity index (χ0n) is 19.4. The van der Waals surface area contributed by atoms with Gasteiger partial charge in [-0.3, -0.25) is 0 Å². The normalized spacial score (nSPS) is 23.4. The number of rotatable bonds is 7. The van der Waals surface area contributed by atoms with E-state index in [0.717, 1.165) is 23.8 Å². The second-order valence-corrected chi connectivity index (χ2v) is 10.6. The Kier molecular flexibility index (Phi) is 6.20. The predicted octanol–water partition coefficient (Wildman–Crippen LogP) is 4.44. The highest BCUT2D eigenvalue weighted by molar-refractivity contribution is 5.84. The molecule has 2 aliphatic rings. The number of hydrogen-bond acceptors (Lipinski definition) is 6. The van der Waals surface area contributed by atoms with Gasteiger partial charge < -0.3 is 15.0 Å². The van der Waals surface area contributed by atoms with Gasteiger partial charge in [0, 0.05) is 19.0 Å². The van der Waals surface area contributed by atoms with Gasteiger partial charge in [-0.25, -0.2) is 4.98 Å². The summed E-state index contributed by atoms with van der Waals surface area (Å²) in [4.78, 5) is 13.8. The van der Waals surface area contributed by atoms with E-state index >= 15 is 0 Å². The van der Waals surface area contributed by atoms with Crippen molar-refractivity contribution in [3.05, 3.63) is 11.6 Å². The van der Waals surface area contributed by atoms with Crippen LogP contribution >= 0.6 is 0 Å². The van der Waals surface area contributed by atoms with Crippen LogP contribution in [0.1, 0.15) is 84.3 Å². The summed E-state index contributed by atoms with van der Waals surface area (Å²) in [6.07, 6.45) is 9.13. The molecule has 31 heavy (non-hydrogen) atoms. The minimum atomic E-state index is -0.876. The molecule has 2 aromatic rings. The highest BCUT2D eigenvalue weighted by atomic mass is 16.3. The molecule has 7 nitrogen and oxygen atoms in total. The zero-order valence-corrected chi connectivity index (χ0v) is 19.4. The first-order chi connectivity index (χ1) is 14.7. The minimum absolute atomic E-state index is 0.141. The molecule has 0 spiro atoms. The third-order valence-electron chi connectivity index (χ3n) is 7.17. The van der Waals surface area contributed by atoms with Crippen LogP contribution in [0.5, 0.6) is 0 Å². The largest absolute Gasteiger partial charge is 0.390 e. The lowest BCUT2D eigenvalue weighted by Crippen LogP contribution is -2.31. The molecule has 0 aromatic carbocycles. The Morgan fingerprint density at radius 2 is 1.87 bits per heavy atom. The molecule has 7 heteroatoms. The Hall–Kier alpha value is -2.20. The van der Waals surface area contributed by atoms with Gasteiger partial charge in [0.2, 0.25) is 5.82 Å². The van der Waals surface area contributed by atoms with Crippen LogP contribution in [-0.2, 0) is 13.0 Å². The predicted molar refractivity (Wildman–Crippen MR) is 122 cm³/mol. The second-order valence-electron chi connectivity index (χ2n) is 10.6. The van der Waals surface area contributed by atoms with Crippen LogP contribution in [0, 0.1) is 29.1 Å². The van der Waals surface area contributed by atoms with Crippen molar-refractivity contribution in [3.63, 3.8) is 0 Å². The molecule has 1 atom stereocenters. The quantitative estimate of drug-likeness (QED) is 0.682. The Morgan fingerprint density at radius 1 is 1.16 bits per heavy atom. The maximum atomic E-state index is 10.5. The van der Waals surface area contributed by atoms with E-state index in [0.29, 0.717) is 29.7 Å². The highest BCUT2D eigenvalue weighted by Crippen LogP contribution is 2.34. The van der Waals surface area contributed by atoms with E-state index in [1.54, 1.807) is 0 Å². The molecule has 2 N–H and O–H groups in total. The monoisotopic (exact) mass is 424 g/mol. The topological polar surface area (TPSA) is 99.6 Å². The summed E-state index contributed by atoms with van der Waals surface area (Å²) in [5, 5.41) is 23.6. The average Bonchev–Trinajstić information content (AvgIpc) is 2.97. The van der Waals surface area contributed by atoms with E-state index in [-0.39, 0.29) is 11.9 Å². The van der Waals surface area contributed by atoms with Crippen LogP contribution in [0.4, 0.5) is 5.82 Å². The van der Waals surface area contributed by atoms with Crippen molar-refractivity contribution < 1.29 is 5.11 Å². The Bertz CT molecular complexity index is 957. The van der Waals surface area contributed by atoms with Crippen LogP contribution in [0.3, 0.4) is 0 Å². The van der Waals surface area contributed by atoms with Gasteiger partial charge in [0.15, 0.2) is 11.5 Å². The van der Waals surface area contributed by atoms with Crippen LogP contribution in [0.15, 0.2) is 0 Å². The molecule has 0 aliphatic heterocycles. The summed E-state index contributed by atoms with van der Waals surface area (Å²) < 4.78 is 2.23. The van der Waals surface area contributed by atoms with Gasteiger partial charge in [0.1, 0.15) is 17.4 Å². The first-order valence-corrected chi connectivity index (χ1v) is 11.9. The summed E-state index contributed by atoms with van der Waals surface area (Å²) in [6, 6.07) is 2.38. The maximum Gasteiger partial charge on any atom is 0.236 e. The molecular weight excluding hydrogens is 388 g/mol. The number of anilines is 1. The van der Waals surface area contributed by atoms with E-state index in [9.17, 15) is 10.4 Å². The molecule has 2 aliphatic carbocycles.